The quantitative estimate of drug-likeness (QED) is 0.748. The molecule has 5 rings (SSSR count). The smallest absolute Gasteiger partial charge is 0.306 e. The number of fused-ring (bicyclic) bond motifs is 1. The number of aromatic amines is 1. The predicted molar refractivity (Wildman–Crippen MR) is 98.9 cm³/mol. The van der Waals surface area contributed by atoms with Crippen molar-refractivity contribution in [1.82, 2.24) is 20.2 Å². The number of likely N-dealkylation sites (tertiary alicyclic amines) is 1. The second-order valence-corrected chi connectivity index (χ2v) is 8.31. The van der Waals surface area contributed by atoms with E-state index in [9.17, 15) is 9.59 Å². The van der Waals surface area contributed by atoms with Gasteiger partial charge in [-0.05, 0) is 31.6 Å². The summed E-state index contributed by atoms with van der Waals surface area (Å²) in [7, 11) is 1.94. The number of aromatic nitrogens is 3. The first kappa shape index (κ1) is 17.2. The van der Waals surface area contributed by atoms with Gasteiger partial charge in [-0.15, -0.1) is 0 Å². The van der Waals surface area contributed by atoms with Gasteiger partial charge < -0.3 is 10.2 Å². The van der Waals surface area contributed by atoms with Crippen LogP contribution >= 0.6 is 0 Å². The molecule has 2 N–H and O–H groups in total. The van der Waals surface area contributed by atoms with E-state index < -0.39 is 6.04 Å². The molecule has 0 spiro atoms. The van der Waals surface area contributed by atoms with E-state index in [0.717, 1.165) is 37.0 Å². The van der Waals surface area contributed by atoms with E-state index in [2.05, 4.69) is 16.4 Å². The summed E-state index contributed by atoms with van der Waals surface area (Å²) >= 11 is 0. The molecule has 0 bridgehead atoms. The fourth-order valence-electron chi connectivity index (χ4n) is 3.92. The van der Waals surface area contributed by atoms with Gasteiger partial charge in [0.25, 0.3) is 5.91 Å². The van der Waals surface area contributed by atoms with E-state index in [0.29, 0.717) is 30.1 Å². The number of nitriles is 1. The van der Waals surface area contributed by atoms with Crippen LogP contribution in [-0.2, 0) is 11.8 Å². The van der Waals surface area contributed by atoms with Gasteiger partial charge in [0.2, 0.25) is 5.91 Å². The number of nitrogens with zero attached hydrogens (tertiary/aromatic N) is 4. The lowest BCUT2D eigenvalue weighted by atomic mass is 9.99. The molecule has 28 heavy (non-hydrogen) atoms. The molecule has 1 aliphatic heterocycles. The van der Waals surface area contributed by atoms with E-state index in [1.807, 2.05) is 17.8 Å². The zero-order valence-electron chi connectivity index (χ0n) is 15.8. The molecule has 0 aromatic carbocycles. The van der Waals surface area contributed by atoms with E-state index in [1.54, 1.807) is 11.1 Å². The Bertz CT molecular complexity index is 1010. The molecular formula is C20H23N6O2+. The van der Waals surface area contributed by atoms with Gasteiger partial charge in [-0.1, -0.05) is 0 Å². The van der Waals surface area contributed by atoms with Gasteiger partial charge in [-0.2, -0.15) is 5.26 Å². The van der Waals surface area contributed by atoms with Crippen LogP contribution in [0.3, 0.4) is 0 Å². The fraction of sp³-hybridized carbons (Fsp3) is 0.550. The number of carbonyl (C=O) groups is 2. The van der Waals surface area contributed by atoms with Crippen LogP contribution < -0.4 is 9.88 Å². The molecule has 3 aliphatic rings. The average Bonchev–Trinajstić information content (AvgIpc) is 3.55. The molecule has 1 saturated heterocycles. The SMILES string of the molecule is C[n+]1cc(C2CC2)nc2c(C(=O)NC(C(=O)N3CC(C#N)C3)C3CC3)c[nH]c21. The number of aryl methyl sites for hydroxylation is 1. The highest BCUT2D eigenvalue weighted by molar-refractivity contribution is 6.05. The van der Waals surface area contributed by atoms with Gasteiger partial charge in [0.15, 0.2) is 5.52 Å². The average molecular weight is 379 g/mol. The van der Waals surface area contributed by atoms with E-state index >= 15 is 0 Å². The van der Waals surface area contributed by atoms with Crippen LogP contribution in [0.2, 0.25) is 0 Å². The molecule has 2 amide bonds. The largest absolute Gasteiger partial charge is 0.340 e. The summed E-state index contributed by atoms with van der Waals surface area (Å²) < 4.78 is 1.97. The highest BCUT2D eigenvalue weighted by Crippen LogP contribution is 2.39. The van der Waals surface area contributed by atoms with Crippen molar-refractivity contribution in [1.29, 1.82) is 5.26 Å². The van der Waals surface area contributed by atoms with Crippen LogP contribution in [0.1, 0.15) is 47.7 Å². The second-order valence-electron chi connectivity index (χ2n) is 8.31. The van der Waals surface area contributed by atoms with Crippen LogP contribution in [0.5, 0.6) is 0 Å². The Morgan fingerprint density at radius 2 is 2.11 bits per heavy atom. The summed E-state index contributed by atoms with van der Waals surface area (Å²) in [6.45, 7) is 0.924. The summed E-state index contributed by atoms with van der Waals surface area (Å²) in [4.78, 5) is 35.4. The minimum atomic E-state index is -0.516. The predicted octanol–water partition coefficient (Wildman–Crippen LogP) is 0.755. The van der Waals surface area contributed by atoms with Gasteiger partial charge in [0, 0.05) is 19.0 Å². The highest BCUT2D eigenvalue weighted by atomic mass is 16.2. The number of amides is 2. The Morgan fingerprint density at radius 1 is 1.36 bits per heavy atom. The molecule has 1 unspecified atom stereocenters. The third-order valence-electron chi connectivity index (χ3n) is 6.01. The molecular weight excluding hydrogens is 356 g/mol. The summed E-state index contributed by atoms with van der Waals surface area (Å²) in [5.41, 5.74) is 2.94. The van der Waals surface area contributed by atoms with Crippen molar-refractivity contribution < 1.29 is 14.2 Å². The number of carbonyl (C=O) groups excluding carboxylic acids is 2. The maximum Gasteiger partial charge on any atom is 0.306 e. The molecule has 1 atom stereocenters. The lowest BCUT2D eigenvalue weighted by Crippen LogP contribution is -2.57. The number of hydrogen-bond donors (Lipinski definition) is 2. The highest BCUT2D eigenvalue weighted by Gasteiger charge is 2.43. The van der Waals surface area contributed by atoms with Crippen molar-refractivity contribution in [3.05, 3.63) is 23.7 Å². The summed E-state index contributed by atoms with van der Waals surface area (Å²) in [5.74, 6) is 0.252. The first-order chi connectivity index (χ1) is 13.5. The Labute approximate surface area is 162 Å². The van der Waals surface area contributed by atoms with Gasteiger partial charge in [-0.25, -0.2) is 14.5 Å². The number of H-pyrrole nitrogens is 1. The van der Waals surface area contributed by atoms with E-state index in [4.69, 9.17) is 10.2 Å². The van der Waals surface area contributed by atoms with Gasteiger partial charge >= 0.3 is 5.65 Å². The minimum absolute atomic E-state index is 0.0700. The number of nitrogens with one attached hydrogen (secondary N) is 2. The minimum Gasteiger partial charge on any atom is -0.340 e. The third kappa shape index (κ3) is 2.91. The molecule has 0 radical (unpaired) electrons. The summed E-state index contributed by atoms with van der Waals surface area (Å²) in [5, 5.41) is 11.9. The molecule has 3 fully saturated rings. The van der Waals surface area contributed by atoms with E-state index in [1.165, 1.54) is 0 Å². The molecule has 2 saturated carbocycles. The third-order valence-corrected chi connectivity index (χ3v) is 6.01. The second kappa shape index (κ2) is 6.30. The standard InChI is InChI=1S/C20H22N6O2/c1-25-10-15(12-2-3-12)23-17-14(7-22-18(17)25)19(27)24-16(13-4-5-13)20(28)26-8-11(6-21)9-26/h7,10-13,16H,2-5,8-9H2,1H3,(H,24,27)/p+1. The van der Waals surface area contributed by atoms with Crippen LogP contribution in [-0.4, -0.2) is 45.8 Å². The first-order valence-electron chi connectivity index (χ1n) is 9.92. The maximum absolute atomic E-state index is 13.0. The molecule has 2 aromatic rings. The monoisotopic (exact) mass is 379 g/mol. The lowest BCUT2D eigenvalue weighted by molar-refractivity contribution is -0.647. The van der Waals surface area contributed by atoms with Crippen molar-refractivity contribution in [3.8, 4) is 6.07 Å². The Kier molecular flexibility index (Phi) is 3.86. The molecule has 8 nitrogen and oxygen atoms in total. The first-order valence-corrected chi connectivity index (χ1v) is 9.92. The molecule has 3 heterocycles. The van der Waals surface area contributed by atoms with Crippen molar-refractivity contribution in [2.75, 3.05) is 13.1 Å². The van der Waals surface area contributed by atoms with Gasteiger partial charge in [0.05, 0.1) is 24.7 Å². The molecule has 2 aromatic heterocycles. The van der Waals surface area contributed by atoms with E-state index in [-0.39, 0.29) is 23.7 Å². The van der Waals surface area contributed by atoms with Crippen LogP contribution in [0.25, 0.3) is 11.2 Å². The van der Waals surface area contributed by atoms with Crippen LogP contribution in [0.15, 0.2) is 12.4 Å². The molecule has 144 valence electrons. The molecule has 2 aliphatic carbocycles. The maximum atomic E-state index is 13.0. The van der Waals surface area contributed by atoms with Crippen molar-refractivity contribution >= 4 is 23.0 Å². The van der Waals surface area contributed by atoms with Crippen LogP contribution in [0.4, 0.5) is 0 Å². The zero-order chi connectivity index (χ0) is 19.4. The zero-order valence-corrected chi connectivity index (χ0v) is 15.8. The Balaban J connectivity index is 1.38. The summed E-state index contributed by atoms with van der Waals surface area (Å²) in [6.07, 6.45) is 7.86. The summed E-state index contributed by atoms with van der Waals surface area (Å²) in [6, 6.07) is 1.67. The van der Waals surface area contributed by atoms with Gasteiger partial charge in [-0.3, -0.25) is 9.59 Å². The normalized spacial score (nSPS) is 20.5. The Morgan fingerprint density at radius 3 is 2.75 bits per heavy atom. The van der Waals surface area contributed by atoms with Crippen molar-refractivity contribution in [3.63, 3.8) is 0 Å². The molecule has 8 heteroatoms. The van der Waals surface area contributed by atoms with Crippen LogP contribution in [0, 0.1) is 23.2 Å². The van der Waals surface area contributed by atoms with Crippen molar-refractivity contribution in [2.24, 2.45) is 18.9 Å². The van der Waals surface area contributed by atoms with Gasteiger partial charge in [0.1, 0.15) is 24.0 Å². The lowest BCUT2D eigenvalue weighted by Gasteiger charge is -2.37. The number of hydrogen-bond acceptors (Lipinski definition) is 4. The Hall–Kier alpha value is -2.95. The van der Waals surface area contributed by atoms with Crippen molar-refractivity contribution in [2.45, 2.75) is 37.6 Å². The number of rotatable bonds is 5. The fourth-order valence-corrected chi connectivity index (χ4v) is 3.92. The topological polar surface area (TPSA) is 106 Å².